The lowest BCUT2D eigenvalue weighted by Gasteiger charge is -2.00. The molecule has 104 valence electrons. The second-order valence-electron chi connectivity index (χ2n) is 4.15. The zero-order valence-electron chi connectivity index (χ0n) is 11.1. The SMILES string of the molecule is CCc1cc(NS(=O)(=O)c2cn(CC)c(C)n2)n[nH]1. The lowest BCUT2D eigenvalue weighted by atomic mass is 10.3. The van der Waals surface area contributed by atoms with Crippen molar-refractivity contribution < 1.29 is 8.42 Å². The molecule has 0 aliphatic carbocycles. The number of anilines is 1. The van der Waals surface area contributed by atoms with E-state index in [0.717, 1.165) is 12.1 Å². The Labute approximate surface area is 112 Å². The highest BCUT2D eigenvalue weighted by Gasteiger charge is 2.20. The monoisotopic (exact) mass is 283 g/mol. The van der Waals surface area contributed by atoms with Gasteiger partial charge in [-0.3, -0.25) is 9.82 Å². The van der Waals surface area contributed by atoms with Crippen LogP contribution >= 0.6 is 0 Å². The van der Waals surface area contributed by atoms with Crippen molar-refractivity contribution in [3.05, 3.63) is 23.8 Å². The van der Waals surface area contributed by atoms with Gasteiger partial charge in [0.05, 0.1) is 0 Å². The standard InChI is InChI=1S/C11H17N5O2S/c1-4-9-6-10(14-13-9)15-19(17,18)11-7-16(5-2)8(3)12-11/h6-7H,4-5H2,1-3H3,(H2,13,14,15). The molecule has 2 aromatic heterocycles. The first-order chi connectivity index (χ1) is 8.96. The van der Waals surface area contributed by atoms with E-state index >= 15 is 0 Å². The lowest BCUT2D eigenvalue weighted by Crippen LogP contribution is -2.13. The Hall–Kier alpha value is -1.83. The number of aromatic nitrogens is 4. The van der Waals surface area contributed by atoms with Gasteiger partial charge < -0.3 is 4.57 Å². The van der Waals surface area contributed by atoms with Crippen LogP contribution in [-0.2, 0) is 23.0 Å². The molecule has 2 N–H and O–H groups in total. The molecule has 19 heavy (non-hydrogen) atoms. The number of rotatable bonds is 5. The molecule has 0 aromatic carbocycles. The van der Waals surface area contributed by atoms with Crippen LogP contribution in [0.2, 0.25) is 0 Å². The second-order valence-corrected chi connectivity index (χ2v) is 5.78. The molecule has 0 aliphatic heterocycles. The van der Waals surface area contributed by atoms with Crippen LogP contribution in [0.4, 0.5) is 5.82 Å². The first-order valence-corrected chi connectivity index (χ1v) is 7.55. The molecular weight excluding hydrogens is 266 g/mol. The lowest BCUT2D eigenvalue weighted by molar-refractivity contribution is 0.597. The summed E-state index contributed by atoms with van der Waals surface area (Å²) in [7, 11) is -3.68. The fourth-order valence-electron chi connectivity index (χ4n) is 1.71. The highest BCUT2D eigenvalue weighted by Crippen LogP contribution is 2.14. The quantitative estimate of drug-likeness (QED) is 0.865. The number of hydrogen-bond donors (Lipinski definition) is 2. The smallest absolute Gasteiger partial charge is 0.282 e. The van der Waals surface area contributed by atoms with E-state index in [0.29, 0.717) is 12.4 Å². The molecule has 0 unspecified atom stereocenters. The number of nitrogens with zero attached hydrogens (tertiary/aromatic N) is 3. The van der Waals surface area contributed by atoms with Crippen molar-refractivity contribution in [3.8, 4) is 0 Å². The zero-order chi connectivity index (χ0) is 14.0. The molecule has 0 saturated carbocycles. The highest BCUT2D eigenvalue weighted by molar-refractivity contribution is 7.92. The Morgan fingerprint density at radius 3 is 2.68 bits per heavy atom. The van der Waals surface area contributed by atoms with Crippen molar-refractivity contribution >= 4 is 15.8 Å². The first-order valence-electron chi connectivity index (χ1n) is 6.07. The fraction of sp³-hybridized carbons (Fsp3) is 0.455. The molecule has 0 radical (unpaired) electrons. The van der Waals surface area contributed by atoms with Gasteiger partial charge in [0.25, 0.3) is 10.0 Å². The maximum Gasteiger partial charge on any atom is 0.282 e. The summed E-state index contributed by atoms with van der Waals surface area (Å²) in [5, 5.41) is 6.66. The van der Waals surface area contributed by atoms with Crippen LogP contribution in [0.3, 0.4) is 0 Å². The Balaban J connectivity index is 2.26. The van der Waals surface area contributed by atoms with E-state index in [1.165, 1.54) is 6.20 Å². The van der Waals surface area contributed by atoms with Crippen LogP contribution < -0.4 is 4.72 Å². The minimum atomic E-state index is -3.68. The molecule has 0 saturated heterocycles. The van der Waals surface area contributed by atoms with Crippen molar-refractivity contribution in [2.75, 3.05) is 4.72 Å². The maximum atomic E-state index is 12.1. The average molecular weight is 283 g/mol. The summed E-state index contributed by atoms with van der Waals surface area (Å²) in [6, 6.07) is 1.67. The summed E-state index contributed by atoms with van der Waals surface area (Å²) in [5.41, 5.74) is 0.868. The van der Waals surface area contributed by atoms with Gasteiger partial charge in [-0.2, -0.15) is 13.5 Å². The molecule has 0 amide bonds. The highest BCUT2D eigenvalue weighted by atomic mass is 32.2. The predicted octanol–water partition coefficient (Wildman–Crippen LogP) is 1.30. The summed E-state index contributed by atoms with van der Waals surface area (Å²) in [6.07, 6.45) is 2.28. The van der Waals surface area contributed by atoms with E-state index in [1.807, 2.05) is 13.8 Å². The number of aromatic amines is 1. The van der Waals surface area contributed by atoms with E-state index in [9.17, 15) is 8.42 Å². The minimum absolute atomic E-state index is 0.00731. The topological polar surface area (TPSA) is 92.7 Å². The summed E-state index contributed by atoms with van der Waals surface area (Å²) in [4.78, 5) is 4.05. The number of hydrogen-bond acceptors (Lipinski definition) is 4. The average Bonchev–Trinajstić information content (AvgIpc) is 2.95. The molecule has 2 heterocycles. The second kappa shape index (κ2) is 5.04. The van der Waals surface area contributed by atoms with E-state index in [1.54, 1.807) is 17.6 Å². The van der Waals surface area contributed by atoms with Crippen LogP contribution in [-0.4, -0.2) is 28.2 Å². The van der Waals surface area contributed by atoms with Crippen molar-refractivity contribution in [1.82, 2.24) is 19.7 Å². The molecule has 2 rings (SSSR count). The van der Waals surface area contributed by atoms with Crippen LogP contribution in [0.25, 0.3) is 0 Å². The van der Waals surface area contributed by atoms with Crippen LogP contribution in [0, 0.1) is 6.92 Å². The molecule has 0 atom stereocenters. The molecule has 0 spiro atoms. The fourth-order valence-corrected chi connectivity index (χ4v) is 2.72. The third-order valence-corrected chi connectivity index (χ3v) is 4.05. The molecular formula is C11H17N5O2S. The van der Waals surface area contributed by atoms with Gasteiger partial charge in [-0.05, 0) is 20.3 Å². The van der Waals surface area contributed by atoms with Crippen molar-refractivity contribution in [2.45, 2.75) is 38.8 Å². The van der Waals surface area contributed by atoms with Gasteiger partial charge in [0.1, 0.15) is 5.82 Å². The van der Waals surface area contributed by atoms with Crippen molar-refractivity contribution in [3.63, 3.8) is 0 Å². The molecule has 0 bridgehead atoms. The summed E-state index contributed by atoms with van der Waals surface area (Å²) in [5.74, 6) is 0.944. The van der Waals surface area contributed by atoms with E-state index < -0.39 is 10.0 Å². The van der Waals surface area contributed by atoms with Crippen LogP contribution in [0.1, 0.15) is 25.4 Å². The van der Waals surface area contributed by atoms with Gasteiger partial charge in [0.15, 0.2) is 10.8 Å². The Kier molecular flexibility index (Phi) is 3.61. The number of imidazole rings is 1. The molecule has 2 aromatic rings. The Morgan fingerprint density at radius 2 is 2.16 bits per heavy atom. The third-order valence-electron chi connectivity index (χ3n) is 2.82. The minimum Gasteiger partial charge on any atom is -0.334 e. The van der Waals surface area contributed by atoms with Crippen LogP contribution in [0.15, 0.2) is 17.3 Å². The van der Waals surface area contributed by atoms with E-state index in [2.05, 4.69) is 19.9 Å². The number of nitrogens with one attached hydrogen (secondary N) is 2. The van der Waals surface area contributed by atoms with Gasteiger partial charge >= 0.3 is 0 Å². The summed E-state index contributed by atoms with van der Waals surface area (Å²) < 4.78 is 28.5. The van der Waals surface area contributed by atoms with Gasteiger partial charge in [-0.1, -0.05) is 6.92 Å². The van der Waals surface area contributed by atoms with Gasteiger partial charge in [0, 0.05) is 24.5 Å². The summed E-state index contributed by atoms with van der Waals surface area (Å²) in [6.45, 7) is 6.33. The normalized spacial score (nSPS) is 11.7. The summed E-state index contributed by atoms with van der Waals surface area (Å²) >= 11 is 0. The van der Waals surface area contributed by atoms with Gasteiger partial charge in [-0.15, -0.1) is 0 Å². The first kappa shape index (κ1) is 13.6. The number of H-pyrrole nitrogens is 1. The van der Waals surface area contributed by atoms with Crippen molar-refractivity contribution in [1.29, 1.82) is 0 Å². The van der Waals surface area contributed by atoms with Crippen molar-refractivity contribution in [2.24, 2.45) is 0 Å². The van der Waals surface area contributed by atoms with Gasteiger partial charge in [0.2, 0.25) is 0 Å². The van der Waals surface area contributed by atoms with E-state index in [-0.39, 0.29) is 10.8 Å². The Morgan fingerprint density at radius 1 is 1.42 bits per heavy atom. The predicted molar refractivity (Wildman–Crippen MR) is 71.4 cm³/mol. The largest absolute Gasteiger partial charge is 0.334 e. The van der Waals surface area contributed by atoms with Crippen LogP contribution in [0.5, 0.6) is 0 Å². The third kappa shape index (κ3) is 2.78. The zero-order valence-corrected chi connectivity index (χ0v) is 12.0. The molecule has 7 nitrogen and oxygen atoms in total. The number of sulfonamides is 1. The molecule has 8 heteroatoms. The maximum absolute atomic E-state index is 12.1. The Bertz CT molecular complexity index is 671. The van der Waals surface area contributed by atoms with E-state index in [4.69, 9.17) is 0 Å². The molecule has 0 fully saturated rings. The molecule has 0 aliphatic rings. The van der Waals surface area contributed by atoms with Gasteiger partial charge in [-0.25, -0.2) is 4.98 Å². The number of aryl methyl sites for hydroxylation is 3.